The lowest BCUT2D eigenvalue weighted by molar-refractivity contribution is 0.0750. The van der Waals surface area contributed by atoms with Crippen LogP contribution in [0.1, 0.15) is 0 Å². The van der Waals surface area contributed by atoms with Crippen LogP contribution in [0, 0.1) is 0 Å². The summed E-state index contributed by atoms with van der Waals surface area (Å²) in [4.78, 5) is -0.486. The first-order chi connectivity index (χ1) is 13.5. The highest BCUT2D eigenvalue weighted by atomic mass is 35.7. The maximum atomic E-state index is 11.6. The van der Waals surface area contributed by atoms with E-state index in [2.05, 4.69) is 0 Å². The van der Waals surface area contributed by atoms with E-state index in [4.69, 9.17) is 58.8 Å². The molecule has 0 bridgehead atoms. The van der Waals surface area contributed by atoms with Crippen molar-refractivity contribution >= 4 is 62.7 Å². The van der Waals surface area contributed by atoms with E-state index in [1.807, 2.05) is 0 Å². The maximum Gasteiger partial charge on any atom is 0.265 e. The van der Waals surface area contributed by atoms with Crippen molar-refractivity contribution in [1.29, 1.82) is 0 Å². The standard InChI is InChI=1S/C16H14Cl4O7S2/c17-11-1-3-13(15(9-11)28(19,21)22)26-7-5-25-6-8-27-14-4-2-12(18)10-16(14)29(20,23)24/h1-4,9-10H,5-8H2. The molecule has 0 saturated carbocycles. The fourth-order valence-electron chi connectivity index (χ4n) is 2.11. The van der Waals surface area contributed by atoms with Gasteiger partial charge in [0.25, 0.3) is 18.1 Å². The predicted molar refractivity (Wildman–Crippen MR) is 111 cm³/mol. The molecule has 13 heteroatoms. The summed E-state index contributed by atoms with van der Waals surface area (Å²) in [6, 6.07) is 8.06. The van der Waals surface area contributed by atoms with Crippen molar-refractivity contribution in [3.8, 4) is 11.5 Å². The molecule has 2 aromatic carbocycles. The molecule has 0 atom stereocenters. The topological polar surface area (TPSA) is 96.0 Å². The molecule has 0 unspecified atom stereocenters. The smallest absolute Gasteiger partial charge is 0.265 e. The van der Waals surface area contributed by atoms with Crippen LogP contribution in [0.15, 0.2) is 46.2 Å². The van der Waals surface area contributed by atoms with Crippen LogP contribution in [0.5, 0.6) is 11.5 Å². The first-order valence-corrected chi connectivity index (χ1v) is 13.2. The Bertz CT molecular complexity index is 987. The van der Waals surface area contributed by atoms with Gasteiger partial charge in [0.2, 0.25) is 0 Å². The van der Waals surface area contributed by atoms with Gasteiger partial charge in [-0.2, -0.15) is 0 Å². The Balaban J connectivity index is 1.81. The molecule has 0 radical (unpaired) electrons. The van der Waals surface area contributed by atoms with Crippen molar-refractivity contribution in [2.24, 2.45) is 0 Å². The highest BCUT2D eigenvalue weighted by Gasteiger charge is 2.18. The normalized spacial score (nSPS) is 12.0. The third kappa shape index (κ3) is 7.67. The summed E-state index contributed by atoms with van der Waals surface area (Å²) in [6.45, 7) is 0.274. The van der Waals surface area contributed by atoms with Crippen molar-refractivity contribution in [2.45, 2.75) is 9.79 Å². The van der Waals surface area contributed by atoms with Gasteiger partial charge in [-0.15, -0.1) is 0 Å². The van der Waals surface area contributed by atoms with Crippen molar-refractivity contribution in [3.63, 3.8) is 0 Å². The van der Waals surface area contributed by atoms with E-state index in [9.17, 15) is 16.8 Å². The number of hydrogen-bond donors (Lipinski definition) is 0. The van der Waals surface area contributed by atoms with E-state index in [1.54, 1.807) is 0 Å². The lowest BCUT2D eigenvalue weighted by Crippen LogP contribution is -2.13. The number of halogens is 4. The van der Waals surface area contributed by atoms with Crippen LogP contribution in [0.25, 0.3) is 0 Å². The minimum Gasteiger partial charge on any atom is -0.490 e. The highest BCUT2D eigenvalue weighted by Crippen LogP contribution is 2.30. The summed E-state index contributed by atoms with van der Waals surface area (Å²) in [6.07, 6.45) is 0. The predicted octanol–water partition coefficient (Wildman–Crippen LogP) is 4.32. The van der Waals surface area contributed by atoms with Gasteiger partial charge in [0.15, 0.2) is 0 Å². The lowest BCUT2D eigenvalue weighted by atomic mass is 10.3. The summed E-state index contributed by atoms with van der Waals surface area (Å²) in [5, 5.41) is 0.399. The van der Waals surface area contributed by atoms with Crippen LogP contribution in [-0.2, 0) is 22.8 Å². The van der Waals surface area contributed by atoms with Crippen LogP contribution < -0.4 is 9.47 Å². The molecule has 0 aliphatic carbocycles. The van der Waals surface area contributed by atoms with Gasteiger partial charge in [0, 0.05) is 31.4 Å². The molecule has 29 heavy (non-hydrogen) atoms. The van der Waals surface area contributed by atoms with Gasteiger partial charge in [0.05, 0.1) is 13.2 Å². The third-order valence-corrected chi connectivity index (χ3v) is 6.46. The van der Waals surface area contributed by atoms with Crippen molar-refractivity contribution in [3.05, 3.63) is 46.4 Å². The molecule has 0 N–H and O–H groups in total. The Hall–Kier alpha value is -0.940. The van der Waals surface area contributed by atoms with Crippen LogP contribution in [0.4, 0.5) is 0 Å². The Kier molecular flexibility index (Phi) is 8.72. The van der Waals surface area contributed by atoms with Crippen LogP contribution in [-0.4, -0.2) is 43.3 Å². The molecular formula is C16H14Cl4O7S2. The van der Waals surface area contributed by atoms with E-state index < -0.39 is 18.1 Å². The molecule has 2 aromatic rings. The fraction of sp³-hybridized carbons (Fsp3) is 0.250. The molecular weight excluding hydrogens is 510 g/mol. The molecule has 160 valence electrons. The largest absolute Gasteiger partial charge is 0.490 e. The molecule has 0 aromatic heterocycles. The van der Waals surface area contributed by atoms with E-state index in [1.165, 1.54) is 36.4 Å². The van der Waals surface area contributed by atoms with Crippen LogP contribution >= 0.6 is 44.6 Å². The molecule has 0 amide bonds. The lowest BCUT2D eigenvalue weighted by Gasteiger charge is -2.12. The van der Waals surface area contributed by atoms with Gasteiger partial charge in [-0.25, -0.2) is 16.8 Å². The molecule has 0 fully saturated rings. The van der Waals surface area contributed by atoms with Crippen LogP contribution in [0.3, 0.4) is 0 Å². The SMILES string of the molecule is O=S(=O)(Cl)c1cc(Cl)ccc1OCCOCCOc1ccc(Cl)cc1S(=O)(=O)Cl. The first-order valence-electron chi connectivity index (χ1n) is 7.80. The van der Waals surface area contributed by atoms with Gasteiger partial charge in [-0.3, -0.25) is 0 Å². The monoisotopic (exact) mass is 522 g/mol. The number of ether oxygens (including phenoxy) is 3. The second-order valence-corrected chi connectivity index (χ2v) is 11.3. The average molecular weight is 524 g/mol. The molecule has 0 saturated heterocycles. The van der Waals surface area contributed by atoms with Crippen LogP contribution in [0.2, 0.25) is 10.0 Å². The number of rotatable bonds is 10. The molecule has 0 spiro atoms. The summed E-state index contributed by atoms with van der Waals surface area (Å²) < 4.78 is 62.2. The van der Waals surface area contributed by atoms with Crippen molar-refractivity contribution in [1.82, 2.24) is 0 Å². The summed E-state index contributed by atoms with van der Waals surface area (Å²) in [5.74, 6) is 0.0877. The summed E-state index contributed by atoms with van der Waals surface area (Å²) >= 11 is 11.5. The summed E-state index contributed by atoms with van der Waals surface area (Å²) in [5.41, 5.74) is 0. The zero-order valence-corrected chi connectivity index (χ0v) is 19.1. The minimum atomic E-state index is -4.02. The van der Waals surface area contributed by atoms with E-state index in [0.29, 0.717) is 0 Å². The maximum absolute atomic E-state index is 11.6. The third-order valence-electron chi connectivity index (χ3n) is 3.31. The Morgan fingerprint density at radius 2 is 1.03 bits per heavy atom. The Labute approximate surface area is 187 Å². The van der Waals surface area contributed by atoms with Gasteiger partial charge in [-0.1, -0.05) is 23.2 Å². The second-order valence-electron chi connectivity index (χ2n) is 5.37. The van der Waals surface area contributed by atoms with Crippen molar-refractivity contribution < 1.29 is 31.0 Å². The Morgan fingerprint density at radius 3 is 1.38 bits per heavy atom. The molecule has 0 aliphatic heterocycles. The number of benzene rings is 2. The second kappa shape index (κ2) is 10.4. The van der Waals surface area contributed by atoms with Gasteiger partial charge >= 0.3 is 0 Å². The fourth-order valence-corrected chi connectivity index (χ4v) is 4.57. The molecule has 0 heterocycles. The molecule has 7 nitrogen and oxygen atoms in total. The highest BCUT2D eigenvalue weighted by molar-refractivity contribution is 8.14. The zero-order valence-electron chi connectivity index (χ0n) is 14.5. The quantitative estimate of drug-likeness (QED) is 0.338. The van der Waals surface area contributed by atoms with E-state index >= 15 is 0 Å². The van der Waals surface area contributed by atoms with Gasteiger partial charge in [-0.05, 0) is 36.4 Å². The Morgan fingerprint density at radius 1 is 0.655 bits per heavy atom. The number of hydrogen-bond acceptors (Lipinski definition) is 7. The average Bonchev–Trinajstić information content (AvgIpc) is 2.61. The van der Waals surface area contributed by atoms with Gasteiger partial charge in [0.1, 0.15) is 34.5 Å². The van der Waals surface area contributed by atoms with E-state index in [-0.39, 0.29) is 57.8 Å². The molecule has 0 aliphatic rings. The zero-order chi connectivity index (χ0) is 21.7. The van der Waals surface area contributed by atoms with Gasteiger partial charge < -0.3 is 14.2 Å². The molecule has 2 rings (SSSR count). The van der Waals surface area contributed by atoms with E-state index in [0.717, 1.165) is 0 Å². The first kappa shape index (κ1) is 24.3. The summed E-state index contributed by atoms with van der Waals surface area (Å²) in [7, 11) is 2.66. The minimum absolute atomic E-state index is 0.0310. The van der Waals surface area contributed by atoms with Crippen molar-refractivity contribution in [2.75, 3.05) is 26.4 Å².